The monoisotopic (exact) mass is 410 g/mol. The second kappa shape index (κ2) is 26.0. The number of alkyl halides is 1. The summed E-state index contributed by atoms with van der Waals surface area (Å²) in [5.41, 5.74) is 2.16. The molecular formula is C24H43FN2O2. The van der Waals surface area contributed by atoms with Gasteiger partial charge in [-0.25, -0.2) is 0 Å². The lowest BCUT2D eigenvalue weighted by Gasteiger charge is -2.26. The fourth-order valence-corrected chi connectivity index (χ4v) is 2.32. The van der Waals surface area contributed by atoms with Crippen LogP contribution in [0.1, 0.15) is 53.0 Å². The molecule has 1 aromatic rings. The number of aliphatic hydroxyl groups excluding tert-OH is 1. The Morgan fingerprint density at radius 1 is 1.21 bits per heavy atom. The molecule has 1 N–H and O–H groups in total. The summed E-state index contributed by atoms with van der Waals surface area (Å²) in [6, 6.07) is 8.15. The molecule has 5 heteroatoms. The van der Waals surface area contributed by atoms with Crippen LogP contribution < -0.4 is 4.90 Å². The number of hydrogen-bond acceptors (Lipinski definition) is 4. The number of aliphatic imine (C=N–C) groups is 1. The van der Waals surface area contributed by atoms with E-state index < -0.39 is 0 Å². The topological polar surface area (TPSA) is 45.1 Å². The van der Waals surface area contributed by atoms with Crippen LogP contribution in [0, 0.1) is 0 Å². The van der Waals surface area contributed by atoms with Crippen LogP contribution in [0.25, 0.3) is 0 Å². The molecule has 0 bridgehead atoms. The molecule has 0 radical (unpaired) electrons. The molecular weight excluding hydrogens is 367 g/mol. The summed E-state index contributed by atoms with van der Waals surface area (Å²) < 4.78 is 15.1. The van der Waals surface area contributed by atoms with E-state index >= 15 is 0 Å². The molecule has 0 aliphatic carbocycles. The van der Waals surface area contributed by atoms with Crippen LogP contribution >= 0.6 is 0 Å². The maximum atomic E-state index is 9.50. The fraction of sp³-hybridized carbons (Fsp3) is 0.542. The molecule has 0 aliphatic heterocycles. The van der Waals surface area contributed by atoms with Crippen LogP contribution in [-0.4, -0.2) is 44.3 Å². The molecule has 4 nitrogen and oxygen atoms in total. The van der Waals surface area contributed by atoms with Crippen molar-refractivity contribution in [3.8, 4) is 0 Å². The van der Waals surface area contributed by atoms with Crippen molar-refractivity contribution in [2.45, 2.75) is 60.2 Å². The molecule has 0 spiro atoms. The molecule has 0 saturated heterocycles. The van der Waals surface area contributed by atoms with Crippen molar-refractivity contribution >= 4 is 11.9 Å². The van der Waals surface area contributed by atoms with Gasteiger partial charge >= 0.3 is 0 Å². The highest BCUT2D eigenvalue weighted by molar-refractivity contribution is 5.70. The zero-order valence-electron chi connectivity index (χ0n) is 19.4. The highest BCUT2D eigenvalue weighted by Crippen LogP contribution is 2.18. The van der Waals surface area contributed by atoms with E-state index in [0.717, 1.165) is 38.1 Å². The zero-order chi connectivity index (χ0) is 22.9. The van der Waals surface area contributed by atoms with Crippen molar-refractivity contribution in [3.63, 3.8) is 0 Å². The lowest BCUT2D eigenvalue weighted by molar-refractivity contribution is 0.0717. The third kappa shape index (κ3) is 19.1. The van der Waals surface area contributed by atoms with E-state index in [9.17, 15) is 9.50 Å². The minimum Gasteiger partial charge on any atom is -0.392 e. The van der Waals surface area contributed by atoms with E-state index in [1.807, 2.05) is 32.9 Å². The normalized spacial score (nSPS) is 10.3. The molecule has 0 aliphatic rings. The maximum Gasteiger partial charge on any atom is 0.0785 e. The second-order valence-electron chi connectivity index (χ2n) is 5.59. The van der Waals surface area contributed by atoms with Crippen molar-refractivity contribution < 1.29 is 14.2 Å². The van der Waals surface area contributed by atoms with E-state index in [1.165, 1.54) is 11.9 Å². The number of allylic oxidation sites excluding steroid dienone is 1. The predicted octanol–water partition coefficient (Wildman–Crippen LogP) is 6.21. The Bertz CT molecular complexity index is 497. The number of hydrogen-bond donors (Lipinski definition) is 1. The molecule has 0 amide bonds. The van der Waals surface area contributed by atoms with Crippen molar-refractivity contribution in [2.75, 3.05) is 31.8 Å². The van der Waals surface area contributed by atoms with Crippen LogP contribution in [-0.2, 0) is 11.3 Å². The molecule has 0 aromatic heterocycles. The highest BCUT2D eigenvalue weighted by Gasteiger charge is 2.09. The van der Waals surface area contributed by atoms with Gasteiger partial charge in [0.05, 0.1) is 19.9 Å². The summed E-state index contributed by atoms with van der Waals surface area (Å²) in [7, 11) is 0.500. The average Bonchev–Trinajstić information content (AvgIpc) is 2.78. The smallest absolute Gasteiger partial charge is 0.0785 e. The molecule has 1 atom stereocenters. The summed E-state index contributed by atoms with van der Waals surface area (Å²) in [6.07, 6.45) is 7.07. The van der Waals surface area contributed by atoms with Crippen LogP contribution in [0.5, 0.6) is 0 Å². The molecule has 1 rings (SSSR count). The first-order valence-corrected chi connectivity index (χ1v) is 10.3. The Balaban J connectivity index is -0.000000570. The number of rotatable bonds is 11. The Morgan fingerprint density at radius 2 is 1.86 bits per heavy atom. The number of aliphatic hydroxyl groups is 1. The van der Waals surface area contributed by atoms with Gasteiger partial charge in [-0.05, 0) is 44.4 Å². The Hall–Kier alpha value is -1.98. The second-order valence-corrected chi connectivity index (χ2v) is 5.59. The first kappa shape index (κ1) is 31.7. The van der Waals surface area contributed by atoms with Gasteiger partial charge in [-0.1, -0.05) is 52.1 Å². The predicted molar refractivity (Wildman–Crippen MR) is 128 cm³/mol. The van der Waals surface area contributed by atoms with E-state index in [-0.39, 0.29) is 6.61 Å². The number of ether oxygens (including phenoxy) is 1. The van der Waals surface area contributed by atoms with Crippen LogP contribution in [0.3, 0.4) is 0 Å². The van der Waals surface area contributed by atoms with Gasteiger partial charge in [-0.15, -0.1) is 0 Å². The van der Waals surface area contributed by atoms with E-state index in [4.69, 9.17) is 4.74 Å². The molecule has 0 saturated carbocycles. The molecule has 168 valence electrons. The molecule has 29 heavy (non-hydrogen) atoms. The summed E-state index contributed by atoms with van der Waals surface area (Å²) in [5.74, 6) is 0. The molecule has 0 heterocycles. The summed E-state index contributed by atoms with van der Waals surface area (Å²) in [6.45, 7) is 20.0. The number of benzene rings is 1. The summed E-state index contributed by atoms with van der Waals surface area (Å²) >= 11 is 0. The van der Waals surface area contributed by atoms with Crippen LogP contribution in [0.15, 0.2) is 54.7 Å². The largest absolute Gasteiger partial charge is 0.392 e. The SMILES string of the molecule is C=CC=NC=C.CC.CCCN(CCC(C)OCC)c1cccc(CO)c1.CF. The molecule has 0 fully saturated rings. The van der Waals surface area contributed by atoms with Gasteiger partial charge in [0.25, 0.3) is 0 Å². The lowest BCUT2D eigenvalue weighted by Crippen LogP contribution is -2.28. The minimum atomic E-state index is 0.100. The first-order valence-electron chi connectivity index (χ1n) is 10.3. The quantitative estimate of drug-likeness (QED) is 0.441. The number of halogens is 1. The van der Waals surface area contributed by atoms with Crippen molar-refractivity contribution in [2.24, 2.45) is 4.99 Å². The Labute approximate surface area is 178 Å². The van der Waals surface area contributed by atoms with Gasteiger partial charge in [-0.3, -0.25) is 9.38 Å². The van der Waals surface area contributed by atoms with Gasteiger partial charge in [0.2, 0.25) is 0 Å². The van der Waals surface area contributed by atoms with Crippen LogP contribution in [0.4, 0.5) is 10.1 Å². The molecule has 1 unspecified atom stereocenters. The van der Waals surface area contributed by atoms with Gasteiger partial charge in [0, 0.05) is 37.8 Å². The lowest BCUT2D eigenvalue weighted by atomic mass is 10.1. The number of anilines is 1. The van der Waals surface area contributed by atoms with Crippen molar-refractivity contribution in [1.82, 2.24) is 0 Å². The third-order valence-corrected chi connectivity index (χ3v) is 3.51. The zero-order valence-corrected chi connectivity index (χ0v) is 19.4. The Kier molecular flexibility index (Phi) is 28.4. The van der Waals surface area contributed by atoms with Crippen molar-refractivity contribution in [1.29, 1.82) is 0 Å². The summed E-state index contributed by atoms with van der Waals surface area (Å²) in [5, 5.41) is 9.22. The van der Waals surface area contributed by atoms with Gasteiger partial charge in [-0.2, -0.15) is 0 Å². The fourth-order valence-electron chi connectivity index (χ4n) is 2.32. The van der Waals surface area contributed by atoms with E-state index in [0.29, 0.717) is 13.3 Å². The maximum absolute atomic E-state index is 9.50. The third-order valence-electron chi connectivity index (χ3n) is 3.51. The summed E-state index contributed by atoms with van der Waals surface area (Å²) in [4.78, 5) is 5.98. The van der Waals surface area contributed by atoms with E-state index in [2.05, 4.69) is 49.0 Å². The standard InChI is InChI=1S/C16H27NO2.C5H7N.C2H6.CH3F/c1-4-10-17(11-9-14(3)19-5-2)16-8-6-7-15(12-16)13-18;1-3-5-6-4-2;2*1-2/h6-8,12,14,18H,4-5,9-11,13H2,1-3H3;3-5H,1-2H2;1-2H3;1H3. The number of nitrogens with zero attached hydrogens (tertiary/aromatic N) is 2. The first-order chi connectivity index (χ1) is 14.1. The van der Waals surface area contributed by atoms with E-state index in [1.54, 1.807) is 12.3 Å². The average molecular weight is 411 g/mol. The van der Waals surface area contributed by atoms with Gasteiger partial charge in [0.15, 0.2) is 0 Å². The van der Waals surface area contributed by atoms with Gasteiger partial charge < -0.3 is 14.7 Å². The highest BCUT2D eigenvalue weighted by atomic mass is 19.1. The minimum absolute atomic E-state index is 0.100. The molecule has 1 aromatic carbocycles. The van der Waals surface area contributed by atoms with Crippen molar-refractivity contribution in [3.05, 3.63) is 55.3 Å². The van der Waals surface area contributed by atoms with Gasteiger partial charge in [0.1, 0.15) is 0 Å². The Morgan fingerprint density at radius 3 is 2.31 bits per heavy atom. The van der Waals surface area contributed by atoms with Crippen LogP contribution in [0.2, 0.25) is 0 Å².